The van der Waals surface area contributed by atoms with Crippen molar-refractivity contribution in [1.82, 2.24) is 4.90 Å². The summed E-state index contributed by atoms with van der Waals surface area (Å²) in [5.41, 5.74) is 1.16. The minimum atomic E-state index is 0.123. The van der Waals surface area contributed by atoms with Gasteiger partial charge in [-0.1, -0.05) is 23.7 Å². The molecule has 1 fully saturated rings. The number of carbonyl (C=O) groups excluding carboxylic acids is 1. The van der Waals surface area contributed by atoms with Crippen LogP contribution in [0.2, 0.25) is 5.02 Å². The van der Waals surface area contributed by atoms with Crippen molar-refractivity contribution in [2.24, 2.45) is 0 Å². The lowest BCUT2D eigenvalue weighted by Crippen LogP contribution is -2.29. The van der Waals surface area contributed by atoms with Gasteiger partial charge in [0.05, 0.1) is 14.7 Å². The Hall–Kier alpha value is -0.840. The lowest BCUT2D eigenvalue weighted by Gasteiger charge is -2.24. The lowest BCUT2D eigenvalue weighted by atomic mass is 10.0. The fourth-order valence-electron chi connectivity index (χ4n) is 2.61. The second-order valence-electron chi connectivity index (χ2n) is 4.81. The number of carbonyl (C=O) groups is 1. The van der Waals surface area contributed by atoms with E-state index in [4.69, 9.17) is 11.6 Å². The smallest absolute Gasteiger partial charge is 0.264 e. The topological polar surface area (TPSA) is 20.3 Å². The van der Waals surface area contributed by atoms with Crippen LogP contribution < -0.4 is 0 Å². The maximum Gasteiger partial charge on any atom is 0.264 e. The summed E-state index contributed by atoms with van der Waals surface area (Å²) in [7, 11) is 0. The van der Waals surface area contributed by atoms with Crippen LogP contribution in [0.25, 0.3) is 0 Å². The first-order valence-corrected chi connectivity index (χ1v) is 8.45. The Bertz CT molecular complexity index is 625. The van der Waals surface area contributed by atoms with Crippen LogP contribution >= 0.6 is 38.9 Å². The maximum atomic E-state index is 12.6. The maximum absolute atomic E-state index is 12.6. The summed E-state index contributed by atoms with van der Waals surface area (Å²) in [6, 6.07) is 11.8. The van der Waals surface area contributed by atoms with E-state index in [0.29, 0.717) is 0 Å². The molecule has 1 aromatic heterocycles. The predicted molar refractivity (Wildman–Crippen MR) is 86.5 cm³/mol. The normalized spacial score (nSPS) is 18.5. The van der Waals surface area contributed by atoms with Crippen LogP contribution in [-0.4, -0.2) is 17.4 Å². The van der Waals surface area contributed by atoms with Crippen molar-refractivity contribution in [2.45, 2.75) is 18.9 Å². The average molecular weight is 371 g/mol. The molecule has 0 unspecified atom stereocenters. The third kappa shape index (κ3) is 2.78. The van der Waals surface area contributed by atoms with Crippen molar-refractivity contribution >= 4 is 44.8 Å². The molecule has 5 heteroatoms. The fourth-order valence-corrected chi connectivity index (χ4v) is 4.08. The molecule has 2 heterocycles. The molecular weight excluding hydrogens is 358 g/mol. The number of halogens is 2. The van der Waals surface area contributed by atoms with Crippen molar-refractivity contribution in [2.75, 3.05) is 6.54 Å². The molecule has 0 bridgehead atoms. The number of likely N-dealkylation sites (tertiary alicyclic amines) is 1. The number of benzene rings is 1. The van der Waals surface area contributed by atoms with Gasteiger partial charge in [-0.15, -0.1) is 11.3 Å². The van der Waals surface area contributed by atoms with E-state index >= 15 is 0 Å². The summed E-state index contributed by atoms with van der Waals surface area (Å²) >= 11 is 10.8. The highest BCUT2D eigenvalue weighted by molar-refractivity contribution is 9.11. The Morgan fingerprint density at radius 3 is 2.65 bits per heavy atom. The molecule has 1 atom stereocenters. The minimum absolute atomic E-state index is 0.123. The quantitative estimate of drug-likeness (QED) is 0.716. The Labute approximate surface area is 135 Å². The molecule has 1 aromatic carbocycles. The van der Waals surface area contributed by atoms with Crippen LogP contribution in [0.4, 0.5) is 0 Å². The van der Waals surface area contributed by atoms with Crippen LogP contribution in [0.5, 0.6) is 0 Å². The summed E-state index contributed by atoms with van der Waals surface area (Å²) in [4.78, 5) is 15.4. The number of rotatable bonds is 2. The number of amides is 1. The highest BCUT2D eigenvalue weighted by Gasteiger charge is 2.31. The minimum Gasteiger partial charge on any atom is -0.331 e. The molecule has 1 amide bonds. The van der Waals surface area contributed by atoms with Gasteiger partial charge in [0.1, 0.15) is 0 Å². The van der Waals surface area contributed by atoms with Crippen LogP contribution in [-0.2, 0) is 0 Å². The molecule has 1 saturated heterocycles. The molecule has 3 rings (SSSR count). The third-order valence-electron chi connectivity index (χ3n) is 3.55. The highest BCUT2D eigenvalue weighted by atomic mass is 79.9. The van der Waals surface area contributed by atoms with Crippen LogP contribution in [0.3, 0.4) is 0 Å². The van der Waals surface area contributed by atoms with Crippen LogP contribution in [0, 0.1) is 0 Å². The standard InChI is InChI=1S/C15H13BrClNOS/c16-14-8-7-13(20-14)15(19)18-9-1-2-12(18)10-3-5-11(17)6-4-10/h3-8,12H,1-2,9H2/t12-/m0/s1. The molecular formula is C15H13BrClNOS. The van der Waals surface area contributed by atoms with E-state index in [0.717, 1.165) is 38.6 Å². The van der Waals surface area contributed by atoms with Gasteiger partial charge >= 0.3 is 0 Å². The summed E-state index contributed by atoms with van der Waals surface area (Å²) in [6.45, 7) is 0.821. The second kappa shape index (κ2) is 5.88. The Morgan fingerprint density at radius 2 is 2.00 bits per heavy atom. The van der Waals surface area contributed by atoms with Gasteiger partial charge in [-0.2, -0.15) is 0 Å². The van der Waals surface area contributed by atoms with E-state index in [1.165, 1.54) is 11.3 Å². The molecule has 1 aliphatic rings. The molecule has 0 saturated carbocycles. The Kier molecular flexibility index (Phi) is 4.15. The first-order valence-electron chi connectivity index (χ1n) is 6.47. The van der Waals surface area contributed by atoms with Crippen molar-refractivity contribution in [3.8, 4) is 0 Å². The molecule has 104 valence electrons. The summed E-state index contributed by atoms with van der Waals surface area (Å²) < 4.78 is 0.989. The molecule has 1 aliphatic heterocycles. The molecule has 0 N–H and O–H groups in total. The zero-order valence-corrected chi connectivity index (χ0v) is 13.8. The van der Waals surface area contributed by atoms with Gasteiger partial charge in [0.2, 0.25) is 0 Å². The predicted octanol–water partition coefficient (Wildman–Crippen LogP) is 5.14. The van der Waals surface area contributed by atoms with E-state index in [2.05, 4.69) is 15.9 Å². The second-order valence-corrected chi connectivity index (χ2v) is 7.71. The van der Waals surface area contributed by atoms with Crippen molar-refractivity contribution in [3.63, 3.8) is 0 Å². The monoisotopic (exact) mass is 369 g/mol. The molecule has 0 radical (unpaired) electrons. The van der Waals surface area contributed by atoms with Gasteiger partial charge in [-0.3, -0.25) is 4.79 Å². The van der Waals surface area contributed by atoms with Gasteiger partial charge < -0.3 is 4.90 Å². The van der Waals surface area contributed by atoms with Gasteiger partial charge in [-0.05, 0) is 58.6 Å². The molecule has 0 aliphatic carbocycles. The fraction of sp³-hybridized carbons (Fsp3) is 0.267. The van der Waals surface area contributed by atoms with E-state index in [-0.39, 0.29) is 11.9 Å². The average Bonchev–Trinajstić information content (AvgIpc) is 3.07. The van der Waals surface area contributed by atoms with Crippen molar-refractivity contribution < 1.29 is 4.79 Å². The Balaban J connectivity index is 1.85. The first-order chi connectivity index (χ1) is 9.65. The van der Waals surface area contributed by atoms with Gasteiger partial charge in [0, 0.05) is 11.6 Å². The molecule has 2 aromatic rings. The molecule has 20 heavy (non-hydrogen) atoms. The van der Waals surface area contributed by atoms with E-state index in [9.17, 15) is 4.79 Å². The van der Waals surface area contributed by atoms with E-state index < -0.39 is 0 Å². The summed E-state index contributed by atoms with van der Waals surface area (Å²) in [5, 5.41) is 0.729. The first kappa shape index (κ1) is 14.1. The van der Waals surface area contributed by atoms with Gasteiger partial charge in [-0.25, -0.2) is 0 Å². The Morgan fingerprint density at radius 1 is 1.25 bits per heavy atom. The number of nitrogens with zero attached hydrogens (tertiary/aromatic N) is 1. The number of thiophene rings is 1. The van der Waals surface area contributed by atoms with Crippen molar-refractivity contribution in [3.05, 3.63) is 55.6 Å². The van der Waals surface area contributed by atoms with Crippen molar-refractivity contribution in [1.29, 1.82) is 0 Å². The molecule has 2 nitrogen and oxygen atoms in total. The van der Waals surface area contributed by atoms with E-state index in [1.54, 1.807) is 0 Å². The summed E-state index contributed by atoms with van der Waals surface area (Å²) in [6.07, 6.45) is 2.06. The van der Waals surface area contributed by atoms with E-state index in [1.807, 2.05) is 41.3 Å². The lowest BCUT2D eigenvalue weighted by molar-refractivity contribution is 0.0740. The zero-order valence-electron chi connectivity index (χ0n) is 10.7. The van der Waals surface area contributed by atoms with Gasteiger partial charge in [0.25, 0.3) is 5.91 Å². The summed E-state index contributed by atoms with van der Waals surface area (Å²) in [5.74, 6) is 0.123. The van der Waals surface area contributed by atoms with Crippen LogP contribution in [0.1, 0.15) is 34.1 Å². The highest BCUT2D eigenvalue weighted by Crippen LogP contribution is 2.35. The SMILES string of the molecule is O=C(c1ccc(Br)s1)N1CCC[C@H]1c1ccc(Cl)cc1. The molecule has 0 spiro atoms. The van der Waals surface area contributed by atoms with Crippen LogP contribution in [0.15, 0.2) is 40.2 Å². The number of hydrogen-bond donors (Lipinski definition) is 0. The van der Waals surface area contributed by atoms with Gasteiger partial charge in [0.15, 0.2) is 0 Å². The zero-order chi connectivity index (χ0) is 14.1. The largest absolute Gasteiger partial charge is 0.331 e. The number of hydrogen-bond acceptors (Lipinski definition) is 2. The third-order valence-corrected chi connectivity index (χ3v) is 5.42.